The molecular weight excluding hydrogens is 400 g/mol. The van der Waals surface area contributed by atoms with E-state index in [9.17, 15) is 0 Å². The minimum Gasteiger partial charge on any atom is -0.0610 e. The average molecular weight is 412 g/mol. The van der Waals surface area contributed by atoms with E-state index in [0.29, 0.717) is 0 Å². The Labute approximate surface area is 146 Å². The summed E-state index contributed by atoms with van der Waals surface area (Å²) >= 11 is 7.14. The Kier molecular flexibility index (Phi) is 3.51. The molecule has 2 heteroatoms. The third-order valence-electron chi connectivity index (χ3n) is 3.96. The topological polar surface area (TPSA) is 0 Å². The average Bonchev–Trinajstić information content (AvgIpc) is 2.53. The van der Waals surface area contributed by atoms with Crippen molar-refractivity contribution in [3.05, 3.63) is 81.7 Å². The predicted octanol–water partition coefficient (Wildman–Crippen LogP) is 7.19. The van der Waals surface area contributed by atoms with Crippen LogP contribution in [0.5, 0.6) is 0 Å². The number of halogens is 2. The molecule has 0 N–H and O–H groups in total. The van der Waals surface area contributed by atoms with Crippen molar-refractivity contribution in [3.8, 4) is 11.1 Å². The molecule has 0 aliphatic rings. The van der Waals surface area contributed by atoms with Crippen LogP contribution in [0.4, 0.5) is 0 Å². The number of hydrogen-bond acceptors (Lipinski definition) is 0. The summed E-state index contributed by atoms with van der Waals surface area (Å²) in [4.78, 5) is 0. The fourth-order valence-electron chi connectivity index (χ4n) is 2.88. The fraction of sp³-hybridized carbons (Fsp3) is 0. The first-order chi connectivity index (χ1) is 10.7. The van der Waals surface area contributed by atoms with Crippen molar-refractivity contribution in [1.29, 1.82) is 0 Å². The summed E-state index contributed by atoms with van der Waals surface area (Å²) in [5.41, 5.74) is 2.51. The third-order valence-corrected chi connectivity index (χ3v) is 4.94. The van der Waals surface area contributed by atoms with Crippen LogP contribution in [0, 0.1) is 0 Å². The van der Waals surface area contributed by atoms with E-state index < -0.39 is 0 Å². The third kappa shape index (κ3) is 2.47. The van der Waals surface area contributed by atoms with Crippen molar-refractivity contribution in [1.82, 2.24) is 0 Å². The number of fused-ring (bicyclic) bond motifs is 2. The second-order valence-electron chi connectivity index (χ2n) is 5.38. The number of benzene rings is 4. The molecular formula is C20H12Br2. The first-order valence-electron chi connectivity index (χ1n) is 7.09. The molecule has 4 aromatic carbocycles. The van der Waals surface area contributed by atoms with Gasteiger partial charge < -0.3 is 0 Å². The second kappa shape index (κ2) is 5.53. The van der Waals surface area contributed by atoms with E-state index in [1.165, 1.54) is 32.7 Å². The lowest BCUT2D eigenvalue weighted by Crippen LogP contribution is -1.83. The van der Waals surface area contributed by atoms with Gasteiger partial charge in [-0.1, -0.05) is 74.3 Å². The Balaban J connectivity index is 2.00. The predicted molar refractivity (Wildman–Crippen MR) is 102 cm³/mol. The molecule has 0 aliphatic carbocycles. The van der Waals surface area contributed by atoms with Crippen molar-refractivity contribution in [2.24, 2.45) is 0 Å². The van der Waals surface area contributed by atoms with Crippen LogP contribution < -0.4 is 0 Å². The monoisotopic (exact) mass is 410 g/mol. The van der Waals surface area contributed by atoms with Gasteiger partial charge in [-0.3, -0.25) is 0 Å². The molecule has 0 aliphatic heterocycles. The molecule has 22 heavy (non-hydrogen) atoms. The van der Waals surface area contributed by atoms with Crippen LogP contribution in [0.3, 0.4) is 0 Å². The highest BCUT2D eigenvalue weighted by Gasteiger charge is 2.05. The van der Waals surface area contributed by atoms with Crippen LogP contribution in [-0.4, -0.2) is 0 Å². The minimum atomic E-state index is 1.11. The van der Waals surface area contributed by atoms with Gasteiger partial charge in [0.2, 0.25) is 0 Å². The van der Waals surface area contributed by atoms with E-state index in [2.05, 4.69) is 105 Å². The van der Waals surface area contributed by atoms with Crippen LogP contribution >= 0.6 is 31.9 Å². The molecule has 0 saturated heterocycles. The standard InChI is InChI=1S/C20H12Br2/c21-17-8-6-13-4-5-15(10-16(13)11-17)19-3-1-2-14-7-9-18(22)12-20(14)19/h1-12H. The van der Waals surface area contributed by atoms with Crippen molar-refractivity contribution in [2.45, 2.75) is 0 Å². The molecule has 0 spiro atoms. The lowest BCUT2D eigenvalue weighted by molar-refractivity contribution is 1.65. The molecule has 0 atom stereocenters. The Morgan fingerprint density at radius 2 is 1.27 bits per heavy atom. The Morgan fingerprint density at radius 3 is 2.14 bits per heavy atom. The van der Waals surface area contributed by atoms with E-state index in [0.717, 1.165) is 8.95 Å². The van der Waals surface area contributed by atoms with Gasteiger partial charge in [0.1, 0.15) is 0 Å². The van der Waals surface area contributed by atoms with Gasteiger partial charge in [-0.05, 0) is 63.0 Å². The van der Waals surface area contributed by atoms with Gasteiger partial charge in [-0.25, -0.2) is 0 Å². The van der Waals surface area contributed by atoms with Crippen LogP contribution in [0.15, 0.2) is 81.7 Å². The summed E-state index contributed by atoms with van der Waals surface area (Å²) in [6.45, 7) is 0. The lowest BCUT2D eigenvalue weighted by atomic mass is 9.96. The zero-order valence-corrected chi connectivity index (χ0v) is 14.9. The summed E-state index contributed by atoms with van der Waals surface area (Å²) in [6.07, 6.45) is 0. The van der Waals surface area contributed by atoms with Crippen LogP contribution in [0.25, 0.3) is 32.7 Å². The molecule has 0 nitrogen and oxygen atoms in total. The zero-order chi connectivity index (χ0) is 15.1. The smallest absolute Gasteiger partial charge is 0.0181 e. The molecule has 0 amide bonds. The first kappa shape index (κ1) is 14.0. The molecule has 106 valence electrons. The maximum atomic E-state index is 3.58. The van der Waals surface area contributed by atoms with Crippen LogP contribution in [-0.2, 0) is 0 Å². The maximum absolute atomic E-state index is 3.58. The number of hydrogen-bond donors (Lipinski definition) is 0. The quantitative estimate of drug-likeness (QED) is 0.311. The van der Waals surface area contributed by atoms with Crippen molar-refractivity contribution in [3.63, 3.8) is 0 Å². The van der Waals surface area contributed by atoms with Crippen molar-refractivity contribution >= 4 is 53.4 Å². The van der Waals surface area contributed by atoms with E-state index in [-0.39, 0.29) is 0 Å². The largest absolute Gasteiger partial charge is 0.0610 e. The SMILES string of the molecule is Brc1ccc2ccc(-c3cccc4ccc(Br)cc34)cc2c1. The van der Waals surface area contributed by atoms with Crippen molar-refractivity contribution in [2.75, 3.05) is 0 Å². The zero-order valence-electron chi connectivity index (χ0n) is 11.7. The van der Waals surface area contributed by atoms with Gasteiger partial charge in [-0.15, -0.1) is 0 Å². The molecule has 4 aromatic rings. The van der Waals surface area contributed by atoms with E-state index in [4.69, 9.17) is 0 Å². The van der Waals surface area contributed by atoms with Crippen LogP contribution in [0.2, 0.25) is 0 Å². The van der Waals surface area contributed by atoms with Gasteiger partial charge >= 0.3 is 0 Å². The molecule has 0 bridgehead atoms. The van der Waals surface area contributed by atoms with Gasteiger partial charge in [0.05, 0.1) is 0 Å². The molecule has 0 radical (unpaired) electrons. The number of rotatable bonds is 1. The molecule has 0 saturated carbocycles. The highest BCUT2D eigenvalue weighted by molar-refractivity contribution is 9.10. The summed E-state index contributed by atoms with van der Waals surface area (Å²) in [6, 6.07) is 25.9. The van der Waals surface area contributed by atoms with Crippen molar-refractivity contribution < 1.29 is 0 Å². The Morgan fingerprint density at radius 1 is 0.545 bits per heavy atom. The van der Waals surface area contributed by atoms with E-state index in [1.807, 2.05) is 0 Å². The normalized spacial score (nSPS) is 11.2. The highest BCUT2D eigenvalue weighted by atomic mass is 79.9. The molecule has 0 unspecified atom stereocenters. The minimum absolute atomic E-state index is 1.11. The lowest BCUT2D eigenvalue weighted by Gasteiger charge is -2.09. The molecule has 4 rings (SSSR count). The van der Waals surface area contributed by atoms with Gasteiger partial charge in [0.25, 0.3) is 0 Å². The van der Waals surface area contributed by atoms with E-state index >= 15 is 0 Å². The fourth-order valence-corrected chi connectivity index (χ4v) is 3.62. The van der Waals surface area contributed by atoms with Gasteiger partial charge in [0, 0.05) is 8.95 Å². The second-order valence-corrected chi connectivity index (χ2v) is 7.21. The molecule has 0 heterocycles. The molecule has 0 aromatic heterocycles. The van der Waals surface area contributed by atoms with Crippen LogP contribution in [0.1, 0.15) is 0 Å². The first-order valence-corrected chi connectivity index (χ1v) is 8.67. The summed E-state index contributed by atoms with van der Waals surface area (Å²) in [5, 5.41) is 5.04. The summed E-state index contributed by atoms with van der Waals surface area (Å²) in [5.74, 6) is 0. The Bertz CT molecular complexity index is 1000. The molecule has 0 fully saturated rings. The maximum Gasteiger partial charge on any atom is 0.0181 e. The summed E-state index contributed by atoms with van der Waals surface area (Å²) < 4.78 is 2.22. The summed E-state index contributed by atoms with van der Waals surface area (Å²) in [7, 11) is 0. The van der Waals surface area contributed by atoms with Gasteiger partial charge in [0.15, 0.2) is 0 Å². The highest BCUT2D eigenvalue weighted by Crippen LogP contribution is 2.33. The Hall–Kier alpha value is -1.64. The van der Waals surface area contributed by atoms with E-state index in [1.54, 1.807) is 0 Å². The van der Waals surface area contributed by atoms with Gasteiger partial charge in [-0.2, -0.15) is 0 Å².